The molecule has 1 N–H and O–H groups in total. The number of methoxy groups -OCH3 is 1. The zero-order valence-corrected chi connectivity index (χ0v) is 11.4. The molecule has 2 rings (SSSR count). The molecule has 0 radical (unpaired) electrons. The molecule has 1 aliphatic rings. The van der Waals surface area contributed by atoms with Gasteiger partial charge in [-0.15, -0.1) is 0 Å². The van der Waals surface area contributed by atoms with Gasteiger partial charge in [0.15, 0.2) is 11.5 Å². The molecule has 0 spiro atoms. The lowest BCUT2D eigenvalue weighted by Gasteiger charge is -2.23. The minimum atomic E-state index is -2.87. The summed E-state index contributed by atoms with van der Waals surface area (Å²) in [5, 5.41) is 9.29. The Morgan fingerprint density at radius 2 is 2.20 bits per heavy atom. The van der Waals surface area contributed by atoms with E-state index in [9.17, 15) is 13.9 Å². The van der Waals surface area contributed by atoms with E-state index < -0.39 is 6.61 Å². The summed E-state index contributed by atoms with van der Waals surface area (Å²) in [5.74, 6) is 0.328. The summed E-state index contributed by atoms with van der Waals surface area (Å²) in [6, 6.07) is 5.11. The van der Waals surface area contributed by atoms with Gasteiger partial charge in [-0.3, -0.25) is 4.90 Å². The van der Waals surface area contributed by atoms with E-state index in [0.29, 0.717) is 12.3 Å². The highest BCUT2D eigenvalue weighted by molar-refractivity contribution is 5.43. The Balaban J connectivity index is 2.09. The molecule has 1 aromatic carbocycles. The number of likely N-dealkylation sites (tertiary alicyclic amines) is 1. The second-order valence-electron chi connectivity index (χ2n) is 4.81. The van der Waals surface area contributed by atoms with Crippen molar-refractivity contribution in [2.24, 2.45) is 0 Å². The molecule has 1 saturated heterocycles. The first-order valence-corrected chi connectivity index (χ1v) is 6.60. The molecule has 20 heavy (non-hydrogen) atoms. The van der Waals surface area contributed by atoms with Gasteiger partial charge in [0.1, 0.15) is 0 Å². The molecule has 0 aliphatic carbocycles. The number of nitrogens with zero attached hydrogens (tertiary/aromatic N) is 1. The predicted octanol–water partition coefficient (Wildman–Crippen LogP) is 2.25. The Kier molecular flexibility index (Phi) is 5.14. The summed E-state index contributed by atoms with van der Waals surface area (Å²) in [6.45, 7) is -1.13. The highest BCUT2D eigenvalue weighted by Gasteiger charge is 2.24. The van der Waals surface area contributed by atoms with Gasteiger partial charge in [-0.05, 0) is 37.1 Å². The van der Waals surface area contributed by atoms with Crippen LogP contribution in [0.1, 0.15) is 18.4 Å². The second-order valence-corrected chi connectivity index (χ2v) is 4.81. The SMILES string of the molecule is COc1cc(CN2CCCC2CO)ccc1OC(F)F. The zero-order chi connectivity index (χ0) is 14.5. The lowest BCUT2D eigenvalue weighted by molar-refractivity contribution is -0.0512. The molecule has 1 aliphatic heterocycles. The topological polar surface area (TPSA) is 41.9 Å². The fourth-order valence-corrected chi connectivity index (χ4v) is 2.55. The van der Waals surface area contributed by atoms with Crippen molar-refractivity contribution in [3.05, 3.63) is 23.8 Å². The van der Waals surface area contributed by atoms with Crippen molar-refractivity contribution in [3.8, 4) is 11.5 Å². The Bertz CT molecular complexity index is 442. The first kappa shape index (κ1) is 15.0. The van der Waals surface area contributed by atoms with Crippen molar-refractivity contribution in [1.29, 1.82) is 0 Å². The van der Waals surface area contributed by atoms with Gasteiger partial charge >= 0.3 is 6.61 Å². The van der Waals surface area contributed by atoms with E-state index in [2.05, 4.69) is 9.64 Å². The zero-order valence-electron chi connectivity index (χ0n) is 11.4. The van der Waals surface area contributed by atoms with Gasteiger partial charge in [0, 0.05) is 12.6 Å². The van der Waals surface area contributed by atoms with Crippen LogP contribution in [0.15, 0.2) is 18.2 Å². The number of alkyl halides is 2. The molecule has 1 atom stereocenters. The number of rotatable bonds is 6. The van der Waals surface area contributed by atoms with Gasteiger partial charge in [0.2, 0.25) is 0 Å². The van der Waals surface area contributed by atoms with E-state index in [1.165, 1.54) is 13.2 Å². The van der Waals surface area contributed by atoms with Crippen LogP contribution in [0.5, 0.6) is 11.5 Å². The maximum absolute atomic E-state index is 12.2. The number of halogens is 2. The molecule has 1 aromatic rings. The van der Waals surface area contributed by atoms with Crippen molar-refractivity contribution in [3.63, 3.8) is 0 Å². The van der Waals surface area contributed by atoms with Gasteiger partial charge < -0.3 is 14.6 Å². The lowest BCUT2D eigenvalue weighted by atomic mass is 10.1. The van der Waals surface area contributed by atoms with Crippen molar-refractivity contribution in [2.45, 2.75) is 32.0 Å². The largest absolute Gasteiger partial charge is 0.493 e. The van der Waals surface area contributed by atoms with Crippen molar-refractivity contribution in [2.75, 3.05) is 20.3 Å². The minimum Gasteiger partial charge on any atom is -0.493 e. The molecular weight excluding hydrogens is 268 g/mol. The summed E-state index contributed by atoms with van der Waals surface area (Å²) in [5.41, 5.74) is 0.948. The standard InChI is InChI=1S/C14H19F2NO3/c1-19-13-7-10(4-5-12(13)20-14(15)16)8-17-6-2-3-11(17)9-18/h4-5,7,11,14,18H,2-3,6,8-9H2,1H3. The second kappa shape index (κ2) is 6.85. The van der Waals surface area contributed by atoms with Crippen LogP contribution >= 0.6 is 0 Å². The Morgan fingerprint density at radius 3 is 2.85 bits per heavy atom. The van der Waals surface area contributed by atoms with E-state index in [0.717, 1.165) is 24.9 Å². The van der Waals surface area contributed by atoms with Crippen LogP contribution in [-0.4, -0.2) is 42.9 Å². The van der Waals surface area contributed by atoms with Crippen molar-refractivity contribution in [1.82, 2.24) is 4.90 Å². The Morgan fingerprint density at radius 1 is 1.40 bits per heavy atom. The summed E-state index contributed by atoms with van der Waals surface area (Å²) in [4.78, 5) is 2.18. The summed E-state index contributed by atoms with van der Waals surface area (Å²) < 4.78 is 34.0. The first-order valence-electron chi connectivity index (χ1n) is 6.60. The number of benzene rings is 1. The molecule has 6 heteroatoms. The number of hydrogen-bond donors (Lipinski definition) is 1. The van der Waals surface area contributed by atoms with Crippen LogP contribution in [0.25, 0.3) is 0 Å². The van der Waals surface area contributed by atoms with E-state index in [1.54, 1.807) is 12.1 Å². The molecular formula is C14H19F2NO3. The molecule has 0 aromatic heterocycles. The molecule has 1 unspecified atom stereocenters. The van der Waals surface area contributed by atoms with Crippen LogP contribution in [0, 0.1) is 0 Å². The third-order valence-corrected chi connectivity index (χ3v) is 3.54. The smallest absolute Gasteiger partial charge is 0.387 e. The monoisotopic (exact) mass is 287 g/mol. The fraction of sp³-hybridized carbons (Fsp3) is 0.571. The quantitative estimate of drug-likeness (QED) is 0.871. The first-order chi connectivity index (χ1) is 9.63. The van der Waals surface area contributed by atoms with Crippen molar-refractivity contribution < 1.29 is 23.4 Å². The van der Waals surface area contributed by atoms with Crippen LogP contribution in [-0.2, 0) is 6.54 Å². The van der Waals surface area contributed by atoms with Gasteiger partial charge in [0.05, 0.1) is 13.7 Å². The maximum Gasteiger partial charge on any atom is 0.387 e. The van der Waals surface area contributed by atoms with Crippen LogP contribution in [0.3, 0.4) is 0 Å². The number of aliphatic hydroxyl groups is 1. The average molecular weight is 287 g/mol. The molecule has 0 bridgehead atoms. The highest BCUT2D eigenvalue weighted by atomic mass is 19.3. The van der Waals surface area contributed by atoms with E-state index in [1.807, 2.05) is 0 Å². The third kappa shape index (κ3) is 3.58. The molecule has 112 valence electrons. The van der Waals surface area contributed by atoms with E-state index in [-0.39, 0.29) is 18.4 Å². The van der Waals surface area contributed by atoms with Crippen LogP contribution in [0.4, 0.5) is 8.78 Å². The van der Waals surface area contributed by atoms with Crippen LogP contribution < -0.4 is 9.47 Å². The van der Waals surface area contributed by atoms with Crippen LogP contribution in [0.2, 0.25) is 0 Å². The minimum absolute atomic E-state index is 0.0337. The van der Waals surface area contributed by atoms with E-state index in [4.69, 9.17) is 4.74 Å². The summed E-state index contributed by atoms with van der Waals surface area (Å²) in [7, 11) is 1.42. The van der Waals surface area contributed by atoms with Gasteiger partial charge in [-0.1, -0.05) is 6.07 Å². The summed E-state index contributed by atoms with van der Waals surface area (Å²) >= 11 is 0. The third-order valence-electron chi connectivity index (χ3n) is 3.54. The van der Waals surface area contributed by atoms with Gasteiger partial charge in [-0.2, -0.15) is 8.78 Å². The van der Waals surface area contributed by atoms with E-state index >= 15 is 0 Å². The number of ether oxygens (including phenoxy) is 2. The summed E-state index contributed by atoms with van der Waals surface area (Å²) in [6.07, 6.45) is 2.05. The fourth-order valence-electron chi connectivity index (χ4n) is 2.55. The lowest BCUT2D eigenvalue weighted by Crippen LogP contribution is -2.31. The molecule has 0 amide bonds. The Hall–Kier alpha value is -1.40. The van der Waals surface area contributed by atoms with Crippen molar-refractivity contribution >= 4 is 0 Å². The predicted molar refractivity (Wildman–Crippen MR) is 70.1 cm³/mol. The molecule has 4 nitrogen and oxygen atoms in total. The Labute approximate surface area is 116 Å². The average Bonchev–Trinajstić information content (AvgIpc) is 2.87. The number of aliphatic hydroxyl groups excluding tert-OH is 1. The molecule has 1 heterocycles. The number of hydrogen-bond acceptors (Lipinski definition) is 4. The molecule has 0 saturated carbocycles. The highest BCUT2D eigenvalue weighted by Crippen LogP contribution is 2.30. The maximum atomic E-state index is 12.2. The molecule has 1 fully saturated rings. The normalized spacial score (nSPS) is 19.6. The van der Waals surface area contributed by atoms with Gasteiger partial charge in [0.25, 0.3) is 0 Å². The van der Waals surface area contributed by atoms with Gasteiger partial charge in [-0.25, -0.2) is 0 Å².